The molecule has 0 aromatic heterocycles. The van der Waals surface area contributed by atoms with Gasteiger partial charge in [0, 0.05) is 16.8 Å². The van der Waals surface area contributed by atoms with E-state index in [1.165, 1.54) is 24.3 Å². The molecule has 0 fully saturated rings. The lowest BCUT2D eigenvalue weighted by Crippen LogP contribution is -2.05. The number of anilines is 1. The summed E-state index contributed by atoms with van der Waals surface area (Å²) >= 11 is 0. The third-order valence-corrected chi connectivity index (χ3v) is 2.60. The number of benzene rings is 2. The first-order valence-corrected chi connectivity index (χ1v) is 5.32. The molecule has 0 heterocycles. The van der Waals surface area contributed by atoms with E-state index >= 15 is 0 Å². The Balaban J connectivity index is 2.35. The molecular weight excluding hydrogens is 230 g/mol. The number of hydrogen-bond donors (Lipinski definition) is 2. The predicted octanol–water partition coefficient (Wildman–Crippen LogP) is 2.20. The number of ketones is 1. The molecule has 2 rings (SSSR count). The van der Waals surface area contributed by atoms with E-state index in [0.29, 0.717) is 16.8 Å². The van der Waals surface area contributed by atoms with Crippen LogP contribution in [0.25, 0.3) is 0 Å². The molecule has 0 bridgehead atoms. The number of aromatic carboxylic acids is 1. The van der Waals surface area contributed by atoms with Gasteiger partial charge in [-0.3, -0.25) is 4.79 Å². The number of carboxylic acid groups (broad SMARTS) is 1. The number of carboxylic acids is 1. The Bertz CT molecular complexity index is 603. The van der Waals surface area contributed by atoms with Crippen molar-refractivity contribution in [2.45, 2.75) is 0 Å². The number of rotatable bonds is 3. The summed E-state index contributed by atoms with van der Waals surface area (Å²) in [6.07, 6.45) is 0. The van der Waals surface area contributed by atoms with Crippen LogP contribution in [0.4, 0.5) is 5.69 Å². The lowest BCUT2D eigenvalue weighted by Gasteiger charge is -2.04. The van der Waals surface area contributed by atoms with Gasteiger partial charge >= 0.3 is 5.97 Å². The first kappa shape index (κ1) is 11.9. The molecule has 0 unspecified atom stereocenters. The Morgan fingerprint density at radius 2 is 1.44 bits per heavy atom. The van der Waals surface area contributed by atoms with E-state index in [1.54, 1.807) is 24.3 Å². The predicted molar refractivity (Wildman–Crippen MR) is 67.7 cm³/mol. The van der Waals surface area contributed by atoms with E-state index < -0.39 is 5.97 Å². The van der Waals surface area contributed by atoms with Crippen LogP contribution >= 0.6 is 0 Å². The summed E-state index contributed by atoms with van der Waals surface area (Å²) in [4.78, 5) is 22.8. The highest BCUT2D eigenvalue weighted by atomic mass is 16.4. The standard InChI is InChI=1S/C14H11NO3/c15-12-4-2-1-3-11(12)13(16)9-5-7-10(8-6-9)14(17)18/h1-8H,15H2,(H,17,18). The second-order valence-electron chi connectivity index (χ2n) is 3.80. The maximum atomic E-state index is 12.1. The molecule has 0 aliphatic heterocycles. The number of carbonyl (C=O) groups excluding carboxylic acids is 1. The molecule has 90 valence electrons. The lowest BCUT2D eigenvalue weighted by atomic mass is 10.0. The van der Waals surface area contributed by atoms with Crippen LogP contribution in [0, 0.1) is 0 Å². The van der Waals surface area contributed by atoms with Crippen LogP contribution in [0.15, 0.2) is 48.5 Å². The van der Waals surface area contributed by atoms with Crippen molar-refractivity contribution in [2.24, 2.45) is 0 Å². The van der Waals surface area contributed by atoms with Crippen molar-refractivity contribution in [3.8, 4) is 0 Å². The molecule has 0 aliphatic rings. The zero-order valence-electron chi connectivity index (χ0n) is 9.46. The molecule has 3 N–H and O–H groups in total. The number of para-hydroxylation sites is 1. The Morgan fingerprint density at radius 3 is 2.00 bits per heavy atom. The van der Waals surface area contributed by atoms with Gasteiger partial charge in [-0.25, -0.2) is 4.79 Å². The van der Waals surface area contributed by atoms with Crippen molar-refractivity contribution in [1.82, 2.24) is 0 Å². The second kappa shape index (κ2) is 4.71. The molecule has 0 atom stereocenters. The summed E-state index contributed by atoms with van der Waals surface area (Å²) in [6.45, 7) is 0. The zero-order valence-corrected chi connectivity index (χ0v) is 9.46. The topological polar surface area (TPSA) is 80.4 Å². The maximum Gasteiger partial charge on any atom is 0.335 e. The average Bonchev–Trinajstić information content (AvgIpc) is 2.38. The van der Waals surface area contributed by atoms with Crippen molar-refractivity contribution in [3.63, 3.8) is 0 Å². The maximum absolute atomic E-state index is 12.1. The van der Waals surface area contributed by atoms with Crippen molar-refractivity contribution in [3.05, 3.63) is 65.2 Å². The molecule has 4 heteroatoms. The molecule has 2 aromatic carbocycles. The van der Waals surface area contributed by atoms with E-state index in [9.17, 15) is 9.59 Å². The molecule has 0 spiro atoms. The van der Waals surface area contributed by atoms with Crippen LogP contribution in [0.2, 0.25) is 0 Å². The van der Waals surface area contributed by atoms with E-state index in [-0.39, 0.29) is 11.3 Å². The smallest absolute Gasteiger partial charge is 0.335 e. The Labute approximate surface area is 104 Å². The minimum absolute atomic E-state index is 0.146. The number of carbonyl (C=O) groups is 2. The fraction of sp³-hybridized carbons (Fsp3) is 0. The molecule has 0 aliphatic carbocycles. The summed E-state index contributed by atoms with van der Waals surface area (Å²) in [6, 6.07) is 12.5. The zero-order chi connectivity index (χ0) is 13.1. The minimum Gasteiger partial charge on any atom is -0.478 e. The highest BCUT2D eigenvalue weighted by molar-refractivity contribution is 6.12. The summed E-state index contributed by atoms with van der Waals surface area (Å²) in [5.41, 5.74) is 7.11. The van der Waals surface area contributed by atoms with Crippen LogP contribution in [0.3, 0.4) is 0 Å². The molecule has 0 radical (unpaired) electrons. The molecule has 0 saturated carbocycles. The van der Waals surface area contributed by atoms with Gasteiger partial charge in [0.15, 0.2) is 5.78 Å². The summed E-state index contributed by atoms with van der Waals surface area (Å²) in [5.74, 6) is -1.24. The quantitative estimate of drug-likeness (QED) is 0.637. The SMILES string of the molecule is Nc1ccccc1C(=O)c1ccc(C(=O)O)cc1. The normalized spacial score (nSPS) is 10.0. The van der Waals surface area contributed by atoms with E-state index in [2.05, 4.69) is 0 Å². The van der Waals surface area contributed by atoms with Gasteiger partial charge in [0.1, 0.15) is 0 Å². The number of nitrogen functional groups attached to an aromatic ring is 1. The molecule has 0 saturated heterocycles. The number of nitrogens with two attached hydrogens (primary N) is 1. The third-order valence-electron chi connectivity index (χ3n) is 2.60. The number of hydrogen-bond acceptors (Lipinski definition) is 3. The van der Waals surface area contributed by atoms with Gasteiger partial charge in [-0.1, -0.05) is 24.3 Å². The van der Waals surface area contributed by atoms with Crippen LogP contribution in [-0.4, -0.2) is 16.9 Å². The van der Waals surface area contributed by atoms with Gasteiger partial charge in [0.05, 0.1) is 5.56 Å². The van der Waals surface area contributed by atoms with Crippen LogP contribution < -0.4 is 5.73 Å². The molecule has 4 nitrogen and oxygen atoms in total. The van der Waals surface area contributed by atoms with E-state index in [4.69, 9.17) is 10.8 Å². The fourth-order valence-corrected chi connectivity index (χ4v) is 1.62. The lowest BCUT2D eigenvalue weighted by molar-refractivity contribution is 0.0696. The van der Waals surface area contributed by atoms with Gasteiger partial charge in [0.25, 0.3) is 0 Å². The molecular formula is C14H11NO3. The van der Waals surface area contributed by atoms with Gasteiger partial charge < -0.3 is 10.8 Å². The minimum atomic E-state index is -1.02. The third kappa shape index (κ3) is 2.22. The Kier molecular flexibility index (Phi) is 3.10. The van der Waals surface area contributed by atoms with Gasteiger partial charge in [-0.15, -0.1) is 0 Å². The van der Waals surface area contributed by atoms with Crippen molar-refractivity contribution in [2.75, 3.05) is 5.73 Å². The highest BCUT2D eigenvalue weighted by Gasteiger charge is 2.12. The van der Waals surface area contributed by atoms with Crippen molar-refractivity contribution in [1.29, 1.82) is 0 Å². The highest BCUT2D eigenvalue weighted by Crippen LogP contribution is 2.16. The van der Waals surface area contributed by atoms with E-state index in [0.717, 1.165) is 0 Å². The molecule has 0 amide bonds. The largest absolute Gasteiger partial charge is 0.478 e. The summed E-state index contributed by atoms with van der Waals surface area (Å²) < 4.78 is 0. The first-order chi connectivity index (χ1) is 8.59. The van der Waals surface area contributed by atoms with Gasteiger partial charge in [-0.05, 0) is 24.3 Å². The van der Waals surface area contributed by atoms with Crippen molar-refractivity contribution < 1.29 is 14.7 Å². The van der Waals surface area contributed by atoms with Gasteiger partial charge in [-0.2, -0.15) is 0 Å². The van der Waals surface area contributed by atoms with Gasteiger partial charge in [0.2, 0.25) is 0 Å². The fourth-order valence-electron chi connectivity index (χ4n) is 1.62. The van der Waals surface area contributed by atoms with Crippen LogP contribution in [0.1, 0.15) is 26.3 Å². The van der Waals surface area contributed by atoms with Crippen LogP contribution in [-0.2, 0) is 0 Å². The molecule has 2 aromatic rings. The summed E-state index contributed by atoms with van der Waals surface area (Å²) in [5, 5.41) is 8.77. The monoisotopic (exact) mass is 241 g/mol. The average molecular weight is 241 g/mol. The first-order valence-electron chi connectivity index (χ1n) is 5.32. The Morgan fingerprint density at radius 1 is 0.889 bits per heavy atom. The molecule has 18 heavy (non-hydrogen) atoms. The Hall–Kier alpha value is -2.62. The van der Waals surface area contributed by atoms with Crippen LogP contribution in [0.5, 0.6) is 0 Å². The van der Waals surface area contributed by atoms with Crippen molar-refractivity contribution >= 4 is 17.4 Å². The summed E-state index contributed by atoms with van der Waals surface area (Å²) in [7, 11) is 0. The second-order valence-corrected chi connectivity index (χ2v) is 3.80. The van der Waals surface area contributed by atoms with E-state index in [1.807, 2.05) is 0 Å².